The largest absolute Gasteiger partial charge is 0.358 e. The van der Waals surface area contributed by atoms with E-state index in [1.165, 1.54) is 0 Å². The van der Waals surface area contributed by atoms with E-state index < -0.39 is 0 Å². The number of aldehydes is 1. The lowest BCUT2D eigenvalue weighted by atomic mass is 10.2. The van der Waals surface area contributed by atoms with Crippen LogP contribution in [0, 0.1) is 6.92 Å². The molecule has 0 bridgehead atoms. The SMILES string of the molecule is Cc1cc2cc(Br)cc(C=O)c2[nH]1. The lowest BCUT2D eigenvalue weighted by molar-refractivity contribution is 0.112. The number of aromatic amines is 1. The van der Waals surface area contributed by atoms with Gasteiger partial charge in [0.25, 0.3) is 0 Å². The number of rotatable bonds is 1. The zero-order valence-corrected chi connectivity index (χ0v) is 8.68. The molecule has 66 valence electrons. The van der Waals surface area contributed by atoms with E-state index in [4.69, 9.17) is 0 Å². The maximum absolute atomic E-state index is 10.7. The van der Waals surface area contributed by atoms with Crippen LogP contribution in [0.1, 0.15) is 16.1 Å². The van der Waals surface area contributed by atoms with E-state index in [9.17, 15) is 4.79 Å². The molecule has 0 atom stereocenters. The molecule has 0 fully saturated rings. The van der Waals surface area contributed by atoms with Crippen molar-refractivity contribution in [2.45, 2.75) is 6.92 Å². The maximum Gasteiger partial charge on any atom is 0.152 e. The molecule has 1 heterocycles. The molecule has 0 amide bonds. The smallest absolute Gasteiger partial charge is 0.152 e. The van der Waals surface area contributed by atoms with E-state index in [-0.39, 0.29) is 0 Å². The highest BCUT2D eigenvalue weighted by Gasteiger charge is 2.04. The molecule has 1 N–H and O–H groups in total. The van der Waals surface area contributed by atoms with E-state index in [0.29, 0.717) is 5.56 Å². The number of fused-ring (bicyclic) bond motifs is 1. The molecule has 0 saturated heterocycles. The molecule has 0 unspecified atom stereocenters. The van der Waals surface area contributed by atoms with Crippen molar-refractivity contribution in [3.63, 3.8) is 0 Å². The van der Waals surface area contributed by atoms with Gasteiger partial charge < -0.3 is 4.98 Å². The summed E-state index contributed by atoms with van der Waals surface area (Å²) in [4.78, 5) is 13.9. The van der Waals surface area contributed by atoms with Gasteiger partial charge in [-0.1, -0.05) is 15.9 Å². The Bertz CT molecular complexity index is 473. The summed E-state index contributed by atoms with van der Waals surface area (Å²) in [5.74, 6) is 0. The number of hydrogen-bond donors (Lipinski definition) is 1. The van der Waals surface area contributed by atoms with Gasteiger partial charge in [-0.25, -0.2) is 0 Å². The summed E-state index contributed by atoms with van der Waals surface area (Å²) in [6.45, 7) is 1.97. The number of aryl methyl sites for hydroxylation is 1. The molecule has 1 aromatic carbocycles. The summed E-state index contributed by atoms with van der Waals surface area (Å²) in [6, 6.07) is 5.82. The first-order chi connectivity index (χ1) is 6.20. The Kier molecular flexibility index (Phi) is 1.96. The monoisotopic (exact) mass is 237 g/mol. The average Bonchev–Trinajstić information content (AvgIpc) is 2.43. The average molecular weight is 238 g/mol. The number of nitrogens with one attached hydrogen (secondary N) is 1. The number of hydrogen-bond acceptors (Lipinski definition) is 1. The highest BCUT2D eigenvalue weighted by Crippen LogP contribution is 2.23. The van der Waals surface area contributed by atoms with Crippen LogP contribution in [-0.4, -0.2) is 11.3 Å². The Hall–Kier alpha value is -1.09. The van der Waals surface area contributed by atoms with Crippen molar-refractivity contribution in [2.24, 2.45) is 0 Å². The Balaban J connectivity index is 2.88. The Morgan fingerprint density at radius 1 is 1.38 bits per heavy atom. The van der Waals surface area contributed by atoms with E-state index in [1.807, 2.05) is 25.1 Å². The summed E-state index contributed by atoms with van der Waals surface area (Å²) in [7, 11) is 0. The molecule has 2 rings (SSSR count). The van der Waals surface area contributed by atoms with Gasteiger partial charge in [-0.3, -0.25) is 4.79 Å². The lowest BCUT2D eigenvalue weighted by Gasteiger charge is -1.95. The molecule has 13 heavy (non-hydrogen) atoms. The number of benzene rings is 1. The second kappa shape index (κ2) is 3.00. The molecule has 2 aromatic rings. The molecule has 0 radical (unpaired) electrons. The molecule has 0 aliphatic rings. The third kappa shape index (κ3) is 1.40. The Morgan fingerprint density at radius 2 is 2.15 bits per heavy atom. The van der Waals surface area contributed by atoms with Crippen molar-refractivity contribution in [3.8, 4) is 0 Å². The maximum atomic E-state index is 10.7. The third-order valence-electron chi connectivity index (χ3n) is 1.99. The molecular formula is C10H8BrNO. The van der Waals surface area contributed by atoms with Crippen molar-refractivity contribution in [2.75, 3.05) is 0 Å². The normalized spacial score (nSPS) is 10.6. The molecule has 3 heteroatoms. The molecule has 1 aromatic heterocycles. The summed E-state index contributed by atoms with van der Waals surface area (Å²) in [5, 5.41) is 1.06. The predicted octanol–water partition coefficient (Wildman–Crippen LogP) is 3.05. The number of halogens is 1. The van der Waals surface area contributed by atoms with E-state index in [2.05, 4.69) is 20.9 Å². The summed E-state index contributed by atoms with van der Waals surface area (Å²) in [6.07, 6.45) is 0.864. The van der Waals surface area contributed by atoms with Gasteiger partial charge in [0, 0.05) is 21.1 Å². The molecular weight excluding hydrogens is 230 g/mol. The van der Waals surface area contributed by atoms with Crippen LogP contribution in [0.4, 0.5) is 0 Å². The molecule has 2 nitrogen and oxygen atoms in total. The minimum atomic E-state index is 0.692. The molecule has 0 aliphatic carbocycles. The first-order valence-corrected chi connectivity index (χ1v) is 4.74. The quantitative estimate of drug-likeness (QED) is 0.761. The van der Waals surface area contributed by atoms with E-state index >= 15 is 0 Å². The van der Waals surface area contributed by atoms with Crippen molar-refractivity contribution < 1.29 is 4.79 Å². The van der Waals surface area contributed by atoms with Crippen molar-refractivity contribution in [3.05, 3.63) is 33.9 Å². The van der Waals surface area contributed by atoms with Crippen LogP contribution >= 0.6 is 15.9 Å². The zero-order valence-electron chi connectivity index (χ0n) is 7.10. The summed E-state index contributed by atoms with van der Waals surface area (Å²) in [5.41, 5.74) is 2.67. The van der Waals surface area contributed by atoms with Crippen LogP contribution in [0.15, 0.2) is 22.7 Å². The van der Waals surface area contributed by atoms with Gasteiger partial charge in [0.05, 0.1) is 5.52 Å². The lowest BCUT2D eigenvalue weighted by Crippen LogP contribution is -1.82. The highest BCUT2D eigenvalue weighted by molar-refractivity contribution is 9.10. The standard InChI is InChI=1S/C10H8BrNO/c1-6-2-7-3-9(11)4-8(5-13)10(7)12-6/h2-5,12H,1H3. The van der Waals surface area contributed by atoms with Crippen molar-refractivity contribution in [1.82, 2.24) is 4.98 Å². The summed E-state index contributed by atoms with van der Waals surface area (Å²) < 4.78 is 0.932. The molecule has 0 spiro atoms. The van der Waals surface area contributed by atoms with Gasteiger partial charge in [0.2, 0.25) is 0 Å². The first-order valence-electron chi connectivity index (χ1n) is 3.95. The van der Waals surface area contributed by atoms with E-state index in [0.717, 1.165) is 27.4 Å². The minimum Gasteiger partial charge on any atom is -0.358 e. The second-order valence-corrected chi connectivity index (χ2v) is 3.95. The fourth-order valence-electron chi connectivity index (χ4n) is 1.47. The van der Waals surface area contributed by atoms with Crippen molar-refractivity contribution >= 4 is 33.1 Å². The van der Waals surface area contributed by atoms with Crippen molar-refractivity contribution in [1.29, 1.82) is 0 Å². The van der Waals surface area contributed by atoms with Gasteiger partial charge in [-0.2, -0.15) is 0 Å². The minimum absolute atomic E-state index is 0.692. The predicted molar refractivity (Wildman–Crippen MR) is 56.1 cm³/mol. The highest BCUT2D eigenvalue weighted by atomic mass is 79.9. The van der Waals surface area contributed by atoms with Gasteiger partial charge in [0.15, 0.2) is 6.29 Å². The fraction of sp³-hybridized carbons (Fsp3) is 0.100. The summed E-state index contributed by atoms with van der Waals surface area (Å²) >= 11 is 3.36. The van der Waals surface area contributed by atoms with Crippen LogP contribution in [0.2, 0.25) is 0 Å². The topological polar surface area (TPSA) is 32.9 Å². The zero-order chi connectivity index (χ0) is 9.42. The van der Waals surface area contributed by atoms with Gasteiger partial charge >= 0.3 is 0 Å². The Labute approximate surface area is 84.1 Å². The van der Waals surface area contributed by atoms with Crippen LogP contribution in [-0.2, 0) is 0 Å². The van der Waals surface area contributed by atoms with E-state index in [1.54, 1.807) is 0 Å². The number of H-pyrrole nitrogens is 1. The van der Waals surface area contributed by atoms with Crippen LogP contribution in [0.3, 0.4) is 0 Å². The number of carbonyl (C=O) groups excluding carboxylic acids is 1. The van der Waals surface area contributed by atoms with Crippen LogP contribution < -0.4 is 0 Å². The third-order valence-corrected chi connectivity index (χ3v) is 2.44. The molecule has 0 saturated carbocycles. The second-order valence-electron chi connectivity index (χ2n) is 3.03. The fourth-order valence-corrected chi connectivity index (χ4v) is 1.96. The number of aromatic nitrogens is 1. The van der Waals surface area contributed by atoms with Gasteiger partial charge in [0.1, 0.15) is 0 Å². The number of carbonyl (C=O) groups is 1. The van der Waals surface area contributed by atoms with Crippen LogP contribution in [0.5, 0.6) is 0 Å². The molecule has 0 aliphatic heterocycles. The van der Waals surface area contributed by atoms with Gasteiger partial charge in [-0.05, 0) is 25.1 Å². The Morgan fingerprint density at radius 3 is 2.85 bits per heavy atom. The van der Waals surface area contributed by atoms with Crippen LogP contribution in [0.25, 0.3) is 10.9 Å². The van der Waals surface area contributed by atoms with Gasteiger partial charge in [-0.15, -0.1) is 0 Å². The first kappa shape index (κ1) is 8.51.